The number of nitrogens with zero attached hydrogens (tertiary/aromatic N) is 3. The lowest BCUT2D eigenvalue weighted by molar-refractivity contribution is 1.07. The topological polar surface area (TPSA) is 38.7 Å². The van der Waals surface area contributed by atoms with Crippen LogP contribution in [0.4, 0.5) is 0 Å². The summed E-state index contributed by atoms with van der Waals surface area (Å²) in [6, 6.07) is 65.9. The van der Waals surface area contributed by atoms with Crippen molar-refractivity contribution in [1.29, 1.82) is 0 Å². The zero-order valence-electron chi connectivity index (χ0n) is 27.2. The maximum absolute atomic E-state index is 5.18. The van der Waals surface area contributed by atoms with Crippen LogP contribution in [0.5, 0.6) is 0 Å². The largest absolute Gasteiger partial charge is 0.208 e. The van der Waals surface area contributed by atoms with Crippen LogP contribution in [-0.2, 0) is 0 Å². The van der Waals surface area contributed by atoms with Crippen LogP contribution < -0.4 is 0 Å². The third-order valence-electron chi connectivity index (χ3n) is 9.29. The third-order valence-corrected chi connectivity index (χ3v) is 9.29. The van der Waals surface area contributed by atoms with Crippen molar-refractivity contribution in [3.8, 4) is 67.5 Å². The van der Waals surface area contributed by atoms with Crippen molar-refractivity contribution in [3.63, 3.8) is 0 Å². The fraction of sp³-hybridized carbons (Fsp3) is 0. The lowest BCUT2D eigenvalue weighted by Crippen LogP contribution is -2.01. The van der Waals surface area contributed by atoms with E-state index in [1.54, 1.807) is 0 Å². The highest BCUT2D eigenvalue weighted by Gasteiger charge is 2.16. The number of rotatable bonds is 6. The summed E-state index contributed by atoms with van der Waals surface area (Å²) in [4.78, 5) is 15.4. The summed E-state index contributed by atoms with van der Waals surface area (Å²) < 4.78 is 0. The van der Waals surface area contributed by atoms with Gasteiger partial charge < -0.3 is 0 Å². The van der Waals surface area contributed by atoms with E-state index in [1.807, 2.05) is 18.2 Å². The Kier molecular flexibility index (Phi) is 7.49. The van der Waals surface area contributed by atoms with Gasteiger partial charge in [-0.05, 0) is 79.2 Å². The lowest BCUT2D eigenvalue weighted by atomic mass is 9.95. The fourth-order valence-corrected chi connectivity index (χ4v) is 6.71. The normalized spacial score (nSPS) is 11.2. The van der Waals surface area contributed by atoms with Gasteiger partial charge in [0.2, 0.25) is 0 Å². The highest BCUT2D eigenvalue weighted by atomic mass is 15.0. The van der Waals surface area contributed by atoms with Gasteiger partial charge in [0.15, 0.2) is 17.5 Å². The van der Waals surface area contributed by atoms with Crippen molar-refractivity contribution < 1.29 is 0 Å². The molecule has 0 amide bonds. The molecule has 0 radical (unpaired) electrons. The smallest absolute Gasteiger partial charge is 0.164 e. The van der Waals surface area contributed by atoms with E-state index in [2.05, 4.69) is 170 Å². The molecule has 9 rings (SSSR count). The first kappa shape index (κ1) is 29.4. The molecule has 0 fully saturated rings. The first-order chi connectivity index (χ1) is 24.7. The Morgan fingerprint density at radius 2 is 0.620 bits per heavy atom. The minimum absolute atomic E-state index is 0.630. The Morgan fingerprint density at radius 1 is 0.220 bits per heavy atom. The zero-order chi connectivity index (χ0) is 33.3. The van der Waals surface area contributed by atoms with Gasteiger partial charge in [-0.25, -0.2) is 15.0 Å². The van der Waals surface area contributed by atoms with E-state index < -0.39 is 0 Å². The molecule has 3 heteroatoms. The van der Waals surface area contributed by atoms with Gasteiger partial charge in [-0.15, -0.1) is 0 Å². The van der Waals surface area contributed by atoms with Crippen LogP contribution in [0.1, 0.15) is 0 Å². The summed E-state index contributed by atoms with van der Waals surface area (Å²) in [5.41, 5.74) is 9.62. The Labute approximate surface area is 291 Å². The van der Waals surface area contributed by atoms with Gasteiger partial charge in [0, 0.05) is 16.7 Å². The standard InChI is InChI=1S/C47H31N3/c1-4-12-32(13-5-1)35-20-23-37(24-21-35)45-48-46(39-26-27-44-38(28-39)25-22-36-18-10-11-19-43(36)44)50-47(49-45)42-30-40(33-14-6-2-7-15-33)29-41(31-42)34-16-8-3-9-17-34/h1-31H. The molecule has 8 aromatic carbocycles. The maximum atomic E-state index is 5.18. The van der Waals surface area contributed by atoms with E-state index >= 15 is 0 Å². The molecule has 0 bridgehead atoms. The molecule has 1 aromatic heterocycles. The minimum atomic E-state index is 0.630. The molecule has 234 valence electrons. The number of hydrogen-bond donors (Lipinski definition) is 0. The summed E-state index contributed by atoms with van der Waals surface area (Å²) >= 11 is 0. The number of hydrogen-bond acceptors (Lipinski definition) is 3. The van der Waals surface area contributed by atoms with E-state index in [-0.39, 0.29) is 0 Å². The highest BCUT2D eigenvalue weighted by Crippen LogP contribution is 2.35. The summed E-state index contributed by atoms with van der Waals surface area (Å²) in [7, 11) is 0. The molecule has 9 aromatic rings. The summed E-state index contributed by atoms with van der Waals surface area (Å²) in [6.07, 6.45) is 0. The molecule has 0 aliphatic rings. The van der Waals surface area contributed by atoms with Gasteiger partial charge in [0.05, 0.1) is 0 Å². The van der Waals surface area contributed by atoms with Crippen LogP contribution in [0, 0.1) is 0 Å². The molecule has 0 spiro atoms. The van der Waals surface area contributed by atoms with Crippen molar-refractivity contribution >= 4 is 21.5 Å². The minimum Gasteiger partial charge on any atom is -0.208 e. The van der Waals surface area contributed by atoms with E-state index in [9.17, 15) is 0 Å². The number of fused-ring (bicyclic) bond motifs is 3. The SMILES string of the molecule is c1ccc(-c2ccc(-c3nc(-c4cc(-c5ccccc5)cc(-c5ccccc5)c4)nc(-c4ccc5c(ccc6ccccc65)c4)n3)cc2)cc1. The Morgan fingerprint density at radius 3 is 1.24 bits per heavy atom. The summed E-state index contributed by atoms with van der Waals surface area (Å²) in [5.74, 6) is 1.90. The molecule has 0 unspecified atom stereocenters. The molecule has 0 saturated heterocycles. The van der Waals surface area contributed by atoms with Gasteiger partial charge in [0.1, 0.15) is 0 Å². The van der Waals surface area contributed by atoms with Gasteiger partial charge in [-0.1, -0.05) is 164 Å². The van der Waals surface area contributed by atoms with Crippen LogP contribution in [0.3, 0.4) is 0 Å². The van der Waals surface area contributed by atoms with Crippen LogP contribution in [0.25, 0.3) is 89.1 Å². The van der Waals surface area contributed by atoms with Gasteiger partial charge in [0.25, 0.3) is 0 Å². The van der Waals surface area contributed by atoms with Gasteiger partial charge >= 0.3 is 0 Å². The van der Waals surface area contributed by atoms with E-state index in [0.717, 1.165) is 49.9 Å². The Hall–Kier alpha value is -6.71. The van der Waals surface area contributed by atoms with Crippen LogP contribution in [-0.4, -0.2) is 15.0 Å². The highest BCUT2D eigenvalue weighted by molar-refractivity contribution is 6.08. The first-order valence-corrected chi connectivity index (χ1v) is 16.9. The predicted molar refractivity (Wildman–Crippen MR) is 207 cm³/mol. The van der Waals surface area contributed by atoms with Crippen molar-refractivity contribution in [2.24, 2.45) is 0 Å². The monoisotopic (exact) mass is 637 g/mol. The molecule has 0 aliphatic carbocycles. The zero-order valence-corrected chi connectivity index (χ0v) is 27.2. The van der Waals surface area contributed by atoms with Crippen molar-refractivity contribution in [2.75, 3.05) is 0 Å². The summed E-state index contributed by atoms with van der Waals surface area (Å²) in [5, 5.41) is 4.82. The predicted octanol–water partition coefficient (Wildman–Crippen LogP) is 12.2. The van der Waals surface area contributed by atoms with Crippen molar-refractivity contribution in [2.45, 2.75) is 0 Å². The van der Waals surface area contributed by atoms with Crippen molar-refractivity contribution in [1.82, 2.24) is 15.0 Å². The Bertz CT molecular complexity index is 2560. The molecule has 0 saturated carbocycles. The average Bonchev–Trinajstić information content (AvgIpc) is 3.21. The second kappa shape index (κ2) is 12.7. The summed E-state index contributed by atoms with van der Waals surface area (Å²) in [6.45, 7) is 0. The van der Waals surface area contributed by atoms with Crippen LogP contribution in [0.2, 0.25) is 0 Å². The maximum Gasteiger partial charge on any atom is 0.164 e. The van der Waals surface area contributed by atoms with E-state index in [4.69, 9.17) is 15.0 Å². The molecule has 50 heavy (non-hydrogen) atoms. The van der Waals surface area contributed by atoms with Gasteiger partial charge in [-0.2, -0.15) is 0 Å². The van der Waals surface area contributed by atoms with Crippen molar-refractivity contribution in [3.05, 3.63) is 188 Å². The van der Waals surface area contributed by atoms with E-state index in [0.29, 0.717) is 17.5 Å². The first-order valence-electron chi connectivity index (χ1n) is 16.9. The number of aromatic nitrogens is 3. The van der Waals surface area contributed by atoms with Gasteiger partial charge in [-0.3, -0.25) is 0 Å². The third kappa shape index (κ3) is 5.72. The molecule has 1 heterocycles. The van der Waals surface area contributed by atoms with E-state index in [1.165, 1.54) is 21.7 Å². The lowest BCUT2D eigenvalue weighted by Gasteiger charge is -2.13. The molecular formula is C47H31N3. The second-order valence-corrected chi connectivity index (χ2v) is 12.5. The Balaban J connectivity index is 1.23. The molecule has 0 aliphatic heterocycles. The fourth-order valence-electron chi connectivity index (χ4n) is 6.71. The molecule has 0 atom stereocenters. The van der Waals surface area contributed by atoms with Crippen LogP contribution in [0.15, 0.2) is 188 Å². The van der Waals surface area contributed by atoms with Crippen LogP contribution >= 0.6 is 0 Å². The number of benzene rings is 8. The average molecular weight is 638 g/mol. The molecule has 3 nitrogen and oxygen atoms in total. The molecular weight excluding hydrogens is 607 g/mol. The molecule has 0 N–H and O–H groups in total. The second-order valence-electron chi connectivity index (χ2n) is 12.5. The quantitative estimate of drug-likeness (QED) is 0.170.